The molecule has 0 fully saturated rings. The van der Waals surface area contributed by atoms with E-state index in [2.05, 4.69) is 26.9 Å². The molecule has 0 spiro atoms. The summed E-state index contributed by atoms with van der Waals surface area (Å²) in [5.41, 5.74) is 2.41. The molecule has 2 aromatic rings. The van der Waals surface area contributed by atoms with Gasteiger partial charge in [0, 0.05) is 11.4 Å². The number of anilines is 1. The van der Waals surface area contributed by atoms with Crippen LogP contribution < -0.4 is 10.6 Å². The SMILES string of the molecule is Cc1n[nH]c(C)c1NC(=O)NCCc1cccs1. The lowest BCUT2D eigenvalue weighted by atomic mass is 10.3. The van der Waals surface area contributed by atoms with Crippen molar-refractivity contribution >= 4 is 23.1 Å². The van der Waals surface area contributed by atoms with Crippen molar-refractivity contribution in [3.05, 3.63) is 33.8 Å². The van der Waals surface area contributed by atoms with Crippen molar-refractivity contribution in [3.63, 3.8) is 0 Å². The molecule has 0 aliphatic carbocycles. The Labute approximate surface area is 110 Å². The number of urea groups is 1. The zero-order valence-electron chi connectivity index (χ0n) is 10.4. The summed E-state index contributed by atoms with van der Waals surface area (Å²) in [5, 5.41) is 14.5. The number of amides is 2. The number of thiophene rings is 1. The Kier molecular flexibility index (Phi) is 3.99. The monoisotopic (exact) mass is 264 g/mol. The molecule has 0 bridgehead atoms. The van der Waals surface area contributed by atoms with E-state index in [9.17, 15) is 4.79 Å². The standard InChI is InChI=1S/C12H16N4OS/c1-8-11(9(2)16-15-8)14-12(17)13-6-5-10-4-3-7-18-10/h3-4,7H,5-6H2,1-2H3,(H,15,16)(H2,13,14,17). The van der Waals surface area contributed by atoms with Gasteiger partial charge in [0.25, 0.3) is 0 Å². The number of carbonyl (C=O) groups excluding carboxylic acids is 1. The van der Waals surface area contributed by atoms with E-state index in [-0.39, 0.29) is 6.03 Å². The molecule has 0 aromatic carbocycles. The zero-order chi connectivity index (χ0) is 13.0. The fraction of sp³-hybridized carbons (Fsp3) is 0.333. The number of hydrogen-bond donors (Lipinski definition) is 3. The first-order valence-corrected chi connectivity index (χ1v) is 6.63. The molecule has 18 heavy (non-hydrogen) atoms. The van der Waals surface area contributed by atoms with Crippen LogP contribution in [0.1, 0.15) is 16.3 Å². The number of nitrogens with one attached hydrogen (secondary N) is 3. The number of aromatic nitrogens is 2. The van der Waals surface area contributed by atoms with Crippen LogP contribution in [0.25, 0.3) is 0 Å². The summed E-state index contributed by atoms with van der Waals surface area (Å²) in [4.78, 5) is 13.0. The zero-order valence-corrected chi connectivity index (χ0v) is 11.2. The third-order valence-electron chi connectivity index (χ3n) is 2.60. The average molecular weight is 264 g/mol. The number of hydrogen-bond acceptors (Lipinski definition) is 3. The fourth-order valence-electron chi connectivity index (χ4n) is 1.65. The lowest BCUT2D eigenvalue weighted by molar-refractivity contribution is 0.252. The summed E-state index contributed by atoms with van der Waals surface area (Å²) in [6.07, 6.45) is 0.856. The van der Waals surface area contributed by atoms with Gasteiger partial charge in [-0.2, -0.15) is 5.10 Å². The van der Waals surface area contributed by atoms with Crippen molar-refractivity contribution in [2.24, 2.45) is 0 Å². The summed E-state index contributed by atoms with van der Waals surface area (Å²) in [5.74, 6) is 0. The van der Waals surface area contributed by atoms with E-state index in [0.717, 1.165) is 23.5 Å². The van der Waals surface area contributed by atoms with E-state index in [1.54, 1.807) is 11.3 Å². The second kappa shape index (κ2) is 5.68. The maximum absolute atomic E-state index is 11.7. The van der Waals surface area contributed by atoms with Gasteiger partial charge < -0.3 is 10.6 Å². The molecule has 96 valence electrons. The van der Waals surface area contributed by atoms with Gasteiger partial charge in [-0.25, -0.2) is 4.79 Å². The predicted molar refractivity (Wildman–Crippen MR) is 73.1 cm³/mol. The van der Waals surface area contributed by atoms with Crippen LogP contribution in [0.4, 0.5) is 10.5 Å². The third kappa shape index (κ3) is 3.10. The van der Waals surface area contributed by atoms with Gasteiger partial charge in [0.15, 0.2) is 0 Å². The van der Waals surface area contributed by atoms with Crippen LogP contribution in [-0.4, -0.2) is 22.8 Å². The van der Waals surface area contributed by atoms with Gasteiger partial charge in [-0.3, -0.25) is 5.10 Å². The third-order valence-corrected chi connectivity index (χ3v) is 3.54. The molecule has 0 saturated carbocycles. The molecule has 0 saturated heterocycles. The largest absolute Gasteiger partial charge is 0.338 e. The van der Waals surface area contributed by atoms with E-state index >= 15 is 0 Å². The van der Waals surface area contributed by atoms with Gasteiger partial charge in [0.05, 0.1) is 17.1 Å². The first-order chi connectivity index (χ1) is 8.66. The second-order valence-corrected chi connectivity index (χ2v) is 5.05. The Morgan fingerprint density at radius 1 is 1.50 bits per heavy atom. The van der Waals surface area contributed by atoms with Gasteiger partial charge in [0.1, 0.15) is 0 Å². The maximum atomic E-state index is 11.7. The topological polar surface area (TPSA) is 69.8 Å². The minimum atomic E-state index is -0.195. The van der Waals surface area contributed by atoms with Crippen LogP contribution in [0.15, 0.2) is 17.5 Å². The molecule has 0 unspecified atom stereocenters. The molecule has 0 aliphatic rings. The molecule has 2 aromatic heterocycles. The second-order valence-electron chi connectivity index (χ2n) is 4.02. The van der Waals surface area contributed by atoms with E-state index in [1.165, 1.54) is 4.88 Å². The molecule has 2 amide bonds. The summed E-state index contributed by atoms with van der Waals surface area (Å²) < 4.78 is 0. The van der Waals surface area contributed by atoms with Crippen molar-refractivity contribution < 1.29 is 4.79 Å². The van der Waals surface area contributed by atoms with Gasteiger partial charge >= 0.3 is 6.03 Å². The quantitative estimate of drug-likeness (QED) is 0.794. The van der Waals surface area contributed by atoms with Crippen LogP contribution in [0.2, 0.25) is 0 Å². The van der Waals surface area contributed by atoms with Crippen molar-refractivity contribution in [2.45, 2.75) is 20.3 Å². The molecule has 6 heteroatoms. The van der Waals surface area contributed by atoms with Crippen LogP contribution in [-0.2, 0) is 6.42 Å². The Bertz CT molecular complexity index is 499. The normalized spacial score (nSPS) is 10.3. The number of H-pyrrole nitrogens is 1. The predicted octanol–water partition coefficient (Wildman–Crippen LogP) is 2.45. The minimum absolute atomic E-state index is 0.195. The van der Waals surface area contributed by atoms with E-state index in [4.69, 9.17) is 0 Å². The smallest absolute Gasteiger partial charge is 0.319 e. The van der Waals surface area contributed by atoms with Crippen LogP contribution in [0.3, 0.4) is 0 Å². The van der Waals surface area contributed by atoms with Gasteiger partial charge in [-0.05, 0) is 31.7 Å². The fourth-order valence-corrected chi connectivity index (χ4v) is 2.36. The highest BCUT2D eigenvalue weighted by atomic mass is 32.1. The molecule has 0 atom stereocenters. The summed E-state index contributed by atoms with van der Waals surface area (Å²) in [7, 11) is 0. The number of aryl methyl sites for hydroxylation is 2. The van der Waals surface area contributed by atoms with Crippen molar-refractivity contribution in [1.29, 1.82) is 0 Å². The molecule has 2 heterocycles. The van der Waals surface area contributed by atoms with Gasteiger partial charge in [-0.15, -0.1) is 11.3 Å². The average Bonchev–Trinajstić information content (AvgIpc) is 2.94. The summed E-state index contributed by atoms with van der Waals surface area (Å²) >= 11 is 1.70. The summed E-state index contributed by atoms with van der Waals surface area (Å²) in [6, 6.07) is 3.88. The Balaban J connectivity index is 1.79. The van der Waals surface area contributed by atoms with Crippen LogP contribution in [0.5, 0.6) is 0 Å². The van der Waals surface area contributed by atoms with E-state index in [0.29, 0.717) is 6.54 Å². The van der Waals surface area contributed by atoms with Gasteiger partial charge in [0.2, 0.25) is 0 Å². The molecule has 0 aliphatic heterocycles. The van der Waals surface area contributed by atoms with Gasteiger partial charge in [-0.1, -0.05) is 6.07 Å². The molecular weight excluding hydrogens is 248 g/mol. The summed E-state index contributed by atoms with van der Waals surface area (Å²) in [6.45, 7) is 4.36. The number of nitrogens with zero attached hydrogens (tertiary/aromatic N) is 1. The molecular formula is C12H16N4OS. The Morgan fingerprint density at radius 2 is 2.33 bits per heavy atom. The highest BCUT2D eigenvalue weighted by Gasteiger charge is 2.09. The highest BCUT2D eigenvalue weighted by molar-refractivity contribution is 7.09. The molecule has 5 nitrogen and oxygen atoms in total. The van der Waals surface area contributed by atoms with E-state index in [1.807, 2.05) is 25.3 Å². The van der Waals surface area contributed by atoms with Crippen LogP contribution >= 0.6 is 11.3 Å². The number of carbonyl (C=O) groups is 1. The lowest BCUT2D eigenvalue weighted by Gasteiger charge is -2.07. The minimum Gasteiger partial charge on any atom is -0.338 e. The van der Waals surface area contributed by atoms with Crippen molar-refractivity contribution in [1.82, 2.24) is 15.5 Å². The van der Waals surface area contributed by atoms with E-state index < -0.39 is 0 Å². The molecule has 2 rings (SSSR count). The van der Waals surface area contributed by atoms with Crippen molar-refractivity contribution in [3.8, 4) is 0 Å². The molecule has 3 N–H and O–H groups in total. The van der Waals surface area contributed by atoms with Crippen LogP contribution in [0, 0.1) is 13.8 Å². The van der Waals surface area contributed by atoms with Crippen molar-refractivity contribution in [2.75, 3.05) is 11.9 Å². The lowest BCUT2D eigenvalue weighted by Crippen LogP contribution is -2.30. The first-order valence-electron chi connectivity index (χ1n) is 5.75. The maximum Gasteiger partial charge on any atom is 0.319 e. The Morgan fingerprint density at radius 3 is 2.94 bits per heavy atom. The number of rotatable bonds is 4. The molecule has 0 radical (unpaired) electrons. The Hall–Kier alpha value is -1.82. The first kappa shape index (κ1) is 12.6. The highest BCUT2D eigenvalue weighted by Crippen LogP contribution is 2.15. The number of aromatic amines is 1.